The molecule has 0 bridgehead atoms. The van der Waals surface area contributed by atoms with Gasteiger partial charge in [0.25, 0.3) is 0 Å². The molecular formula is C8H7O2. The van der Waals surface area contributed by atoms with Crippen molar-refractivity contribution in [2.45, 2.75) is 6.42 Å². The zero-order valence-corrected chi connectivity index (χ0v) is 5.37. The monoisotopic (exact) mass is 135 g/mol. The van der Waals surface area contributed by atoms with Gasteiger partial charge in [0, 0.05) is 12.5 Å². The van der Waals surface area contributed by atoms with E-state index in [0.717, 1.165) is 11.8 Å². The minimum atomic E-state index is 0.0827. The van der Waals surface area contributed by atoms with Gasteiger partial charge in [0.2, 0.25) is 0 Å². The molecule has 0 spiro atoms. The van der Waals surface area contributed by atoms with Crippen LogP contribution in [-0.4, -0.2) is 11.4 Å². The third-order valence-electron chi connectivity index (χ3n) is 1.17. The number of hydrogen-bond acceptors (Lipinski definition) is 2. The summed E-state index contributed by atoms with van der Waals surface area (Å²) in [5, 5.41) is 8.87. The third kappa shape index (κ3) is 1.58. The van der Waals surface area contributed by atoms with Crippen molar-refractivity contribution >= 4 is 6.29 Å². The molecule has 10 heavy (non-hydrogen) atoms. The average Bonchev–Trinajstić information content (AvgIpc) is 1.88. The first-order valence-electron chi connectivity index (χ1n) is 2.96. The molecule has 0 aliphatic rings. The lowest BCUT2D eigenvalue weighted by molar-refractivity contribution is -0.107. The minimum Gasteiger partial charge on any atom is -0.507 e. The van der Waals surface area contributed by atoms with Gasteiger partial charge in [-0.3, -0.25) is 0 Å². The third-order valence-corrected chi connectivity index (χ3v) is 1.17. The SMILES string of the molecule is O=CCc1cc[c]c(O)c1. The van der Waals surface area contributed by atoms with Gasteiger partial charge in [0.15, 0.2) is 0 Å². The summed E-state index contributed by atoms with van der Waals surface area (Å²) in [6, 6.07) is 7.43. The molecule has 0 fully saturated rings. The van der Waals surface area contributed by atoms with Crippen molar-refractivity contribution in [3.8, 4) is 5.75 Å². The Bertz CT molecular complexity index is 230. The molecule has 1 radical (unpaired) electrons. The Labute approximate surface area is 59.1 Å². The number of benzene rings is 1. The number of hydrogen-bond donors (Lipinski definition) is 1. The van der Waals surface area contributed by atoms with Crippen LogP contribution in [0.3, 0.4) is 0 Å². The molecule has 51 valence electrons. The van der Waals surface area contributed by atoms with E-state index in [9.17, 15) is 4.79 Å². The van der Waals surface area contributed by atoms with Crippen LogP contribution < -0.4 is 0 Å². The highest BCUT2D eigenvalue weighted by molar-refractivity contribution is 5.55. The van der Waals surface area contributed by atoms with Crippen LogP contribution in [0.5, 0.6) is 5.75 Å². The van der Waals surface area contributed by atoms with Gasteiger partial charge in [-0.1, -0.05) is 12.1 Å². The number of carbonyl (C=O) groups excluding carboxylic acids is 1. The predicted molar refractivity (Wildman–Crippen MR) is 36.7 cm³/mol. The largest absolute Gasteiger partial charge is 0.507 e. The summed E-state index contributed by atoms with van der Waals surface area (Å²) in [6.45, 7) is 0. The van der Waals surface area contributed by atoms with Crippen molar-refractivity contribution in [3.05, 3.63) is 29.8 Å². The van der Waals surface area contributed by atoms with Crippen molar-refractivity contribution in [1.29, 1.82) is 0 Å². The summed E-state index contributed by atoms with van der Waals surface area (Å²) < 4.78 is 0. The van der Waals surface area contributed by atoms with E-state index < -0.39 is 0 Å². The molecule has 1 aromatic rings. The summed E-state index contributed by atoms with van der Waals surface area (Å²) in [6.07, 6.45) is 1.15. The van der Waals surface area contributed by atoms with Gasteiger partial charge in [0.1, 0.15) is 12.0 Å². The average molecular weight is 135 g/mol. The maximum atomic E-state index is 9.99. The highest BCUT2D eigenvalue weighted by atomic mass is 16.3. The molecule has 1 aromatic carbocycles. The fourth-order valence-corrected chi connectivity index (χ4v) is 0.723. The quantitative estimate of drug-likeness (QED) is 0.612. The van der Waals surface area contributed by atoms with Gasteiger partial charge in [-0.05, 0) is 11.6 Å². The lowest BCUT2D eigenvalue weighted by Gasteiger charge is -1.93. The highest BCUT2D eigenvalue weighted by Gasteiger charge is 1.91. The first-order valence-corrected chi connectivity index (χ1v) is 2.96. The zero-order valence-electron chi connectivity index (χ0n) is 5.37. The fraction of sp³-hybridized carbons (Fsp3) is 0.125. The summed E-state index contributed by atoms with van der Waals surface area (Å²) >= 11 is 0. The predicted octanol–water partition coefficient (Wildman–Crippen LogP) is 0.934. The first kappa shape index (κ1) is 6.81. The molecule has 0 aromatic heterocycles. The van der Waals surface area contributed by atoms with Crippen molar-refractivity contribution < 1.29 is 9.90 Å². The van der Waals surface area contributed by atoms with E-state index in [2.05, 4.69) is 6.07 Å². The topological polar surface area (TPSA) is 37.3 Å². The number of phenols is 1. The number of carbonyl (C=O) groups is 1. The standard InChI is InChI=1S/C8H7O2/c9-5-4-7-2-1-3-8(10)6-7/h1-2,5-6,10H,4H2. The highest BCUT2D eigenvalue weighted by Crippen LogP contribution is 2.09. The van der Waals surface area contributed by atoms with Crippen molar-refractivity contribution in [3.63, 3.8) is 0 Å². The van der Waals surface area contributed by atoms with Crippen LogP contribution in [0.2, 0.25) is 0 Å². The summed E-state index contributed by atoms with van der Waals surface area (Å²) in [7, 11) is 0. The molecular weight excluding hydrogens is 128 g/mol. The van der Waals surface area contributed by atoms with E-state index in [1.54, 1.807) is 12.1 Å². The van der Waals surface area contributed by atoms with Crippen LogP contribution in [0.25, 0.3) is 0 Å². The van der Waals surface area contributed by atoms with Gasteiger partial charge in [-0.15, -0.1) is 0 Å². The van der Waals surface area contributed by atoms with Crippen molar-refractivity contribution in [2.75, 3.05) is 0 Å². The molecule has 0 aliphatic carbocycles. The smallest absolute Gasteiger partial charge is 0.124 e. The number of phenolic OH excluding ortho intramolecular Hbond substituents is 1. The van der Waals surface area contributed by atoms with Crippen LogP contribution in [-0.2, 0) is 11.2 Å². The van der Waals surface area contributed by atoms with Crippen molar-refractivity contribution in [2.24, 2.45) is 0 Å². The number of aldehydes is 1. The lowest BCUT2D eigenvalue weighted by Crippen LogP contribution is -1.83. The van der Waals surface area contributed by atoms with Crippen LogP contribution in [0.15, 0.2) is 18.2 Å². The molecule has 1 rings (SSSR count). The second-order valence-electron chi connectivity index (χ2n) is 1.95. The second kappa shape index (κ2) is 3.01. The summed E-state index contributed by atoms with van der Waals surface area (Å²) in [5.41, 5.74) is 0.811. The first-order chi connectivity index (χ1) is 4.83. The Morgan fingerprint density at radius 2 is 2.50 bits per heavy atom. The fourth-order valence-electron chi connectivity index (χ4n) is 0.723. The van der Waals surface area contributed by atoms with Gasteiger partial charge >= 0.3 is 0 Å². The molecule has 2 nitrogen and oxygen atoms in total. The van der Waals surface area contributed by atoms with Gasteiger partial charge in [-0.25, -0.2) is 0 Å². The molecule has 0 atom stereocenters. The van der Waals surface area contributed by atoms with Crippen LogP contribution in [0, 0.1) is 6.07 Å². The maximum Gasteiger partial charge on any atom is 0.124 e. The van der Waals surface area contributed by atoms with Crippen LogP contribution in [0.4, 0.5) is 0 Å². The van der Waals surface area contributed by atoms with Gasteiger partial charge in [0.05, 0.1) is 0 Å². The Morgan fingerprint density at radius 3 is 3.10 bits per heavy atom. The van der Waals surface area contributed by atoms with Crippen LogP contribution >= 0.6 is 0 Å². The van der Waals surface area contributed by atoms with Gasteiger partial charge < -0.3 is 9.90 Å². The van der Waals surface area contributed by atoms with E-state index in [-0.39, 0.29) is 5.75 Å². The van der Waals surface area contributed by atoms with E-state index in [1.165, 1.54) is 6.07 Å². The second-order valence-corrected chi connectivity index (χ2v) is 1.95. The van der Waals surface area contributed by atoms with E-state index in [4.69, 9.17) is 5.11 Å². The number of aromatic hydroxyl groups is 1. The van der Waals surface area contributed by atoms with E-state index in [0.29, 0.717) is 6.42 Å². The molecule has 1 N–H and O–H groups in total. The maximum absolute atomic E-state index is 9.99. The molecule has 0 aliphatic heterocycles. The van der Waals surface area contributed by atoms with E-state index in [1.807, 2.05) is 0 Å². The molecule has 0 saturated carbocycles. The minimum absolute atomic E-state index is 0.0827. The Hall–Kier alpha value is -1.31. The molecule has 0 amide bonds. The molecule has 2 heteroatoms. The van der Waals surface area contributed by atoms with Gasteiger partial charge in [-0.2, -0.15) is 0 Å². The Morgan fingerprint density at radius 1 is 1.70 bits per heavy atom. The van der Waals surface area contributed by atoms with Crippen LogP contribution in [0.1, 0.15) is 5.56 Å². The number of rotatable bonds is 2. The molecule has 0 heterocycles. The zero-order chi connectivity index (χ0) is 7.40. The van der Waals surface area contributed by atoms with Crippen molar-refractivity contribution in [1.82, 2.24) is 0 Å². The molecule has 0 unspecified atom stereocenters. The van der Waals surface area contributed by atoms with E-state index >= 15 is 0 Å². The normalized spacial score (nSPS) is 9.20. The Balaban J connectivity index is 2.84. The summed E-state index contributed by atoms with van der Waals surface area (Å²) in [5.74, 6) is 0.0827. The summed E-state index contributed by atoms with van der Waals surface area (Å²) in [4.78, 5) is 9.99. The Kier molecular flexibility index (Phi) is 2.05. The molecule has 0 saturated heterocycles. The lowest BCUT2D eigenvalue weighted by atomic mass is 10.2.